The summed E-state index contributed by atoms with van der Waals surface area (Å²) >= 11 is 0. The van der Waals surface area contributed by atoms with Crippen LogP contribution in [0.3, 0.4) is 0 Å². The number of carboxylic acid groups (broad SMARTS) is 1. The summed E-state index contributed by atoms with van der Waals surface area (Å²) < 4.78 is 27.1. The first-order valence-corrected chi connectivity index (χ1v) is 9.08. The molecular weight excluding hydrogens is 340 g/mol. The number of carbonyl (C=O) groups is 1. The zero-order valence-electron chi connectivity index (χ0n) is 13.9. The van der Waals surface area contributed by atoms with Crippen LogP contribution in [0.15, 0.2) is 59.5 Å². The third-order valence-electron chi connectivity index (χ3n) is 4.07. The number of para-hydroxylation sites is 1. The van der Waals surface area contributed by atoms with Gasteiger partial charge in [0.05, 0.1) is 4.90 Å². The fraction of sp³-hybridized carbons (Fsp3) is 0.167. The Morgan fingerprint density at radius 2 is 1.72 bits per heavy atom. The van der Waals surface area contributed by atoms with Gasteiger partial charge < -0.3 is 9.67 Å². The number of hydrogen-bond acceptors (Lipinski definition) is 3. The van der Waals surface area contributed by atoms with Crippen molar-refractivity contribution in [1.29, 1.82) is 0 Å². The summed E-state index contributed by atoms with van der Waals surface area (Å²) in [6.07, 6.45) is 0. The van der Waals surface area contributed by atoms with Crippen molar-refractivity contribution >= 4 is 26.9 Å². The van der Waals surface area contributed by atoms with Crippen LogP contribution in [0.25, 0.3) is 10.9 Å². The van der Waals surface area contributed by atoms with Crippen molar-refractivity contribution in [1.82, 2.24) is 8.87 Å². The van der Waals surface area contributed by atoms with Gasteiger partial charge in [0, 0.05) is 31.5 Å². The zero-order chi connectivity index (χ0) is 18.2. The fourth-order valence-corrected chi connectivity index (χ4v) is 3.62. The molecule has 1 aromatic heterocycles. The van der Waals surface area contributed by atoms with Crippen molar-refractivity contribution in [3.8, 4) is 0 Å². The molecule has 25 heavy (non-hydrogen) atoms. The molecule has 0 amide bonds. The van der Waals surface area contributed by atoms with Gasteiger partial charge in [0.15, 0.2) is 0 Å². The summed E-state index contributed by atoms with van der Waals surface area (Å²) in [6.45, 7) is 0.345. The number of nitrogens with zero attached hydrogens (tertiary/aromatic N) is 2. The predicted octanol–water partition coefficient (Wildman–Crippen LogP) is 2.64. The van der Waals surface area contributed by atoms with E-state index in [1.807, 2.05) is 24.3 Å². The molecule has 6 nitrogen and oxygen atoms in total. The van der Waals surface area contributed by atoms with Crippen molar-refractivity contribution < 1.29 is 18.3 Å². The molecule has 0 atom stereocenters. The largest absolute Gasteiger partial charge is 0.477 e. The van der Waals surface area contributed by atoms with Crippen molar-refractivity contribution in [2.45, 2.75) is 11.4 Å². The highest BCUT2D eigenvalue weighted by atomic mass is 32.2. The lowest BCUT2D eigenvalue weighted by atomic mass is 10.2. The molecule has 7 heteroatoms. The lowest BCUT2D eigenvalue weighted by Crippen LogP contribution is -2.22. The number of carboxylic acids is 1. The second kappa shape index (κ2) is 6.34. The fourth-order valence-electron chi connectivity index (χ4n) is 2.72. The molecule has 0 aliphatic carbocycles. The van der Waals surface area contributed by atoms with E-state index in [2.05, 4.69) is 0 Å². The molecule has 3 aromatic rings. The van der Waals surface area contributed by atoms with Crippen LogP contribution in [0.4, 0.5) is 0 Å². The van der Waals surface area contributed by atoms with Gasteiger partial charge in [-0.3, -0.25) is 0 Å². The lowest BCUT2D eigenvalue weighted by molar-refractivity contribution is 0.0686. The van der Waals surface area contributed by atoms with Gasteiger partial charge in [0.25, 0.3) is 0 Å². The normalized spacial score (nSPS) is 12.0. The summed E-state index contributed by atoms with van der Waals surface area (Å²) in [5.74, 6) is -0.997. The number of aromatic nitrogens is 1. The van der Waals surface area contributed by atoms with Crippen LogP contribution >= 0.6 is 0 Å². The van der Waals surface area contributed by atoms with Crippen molar-refractivity contribution in [2.75, 3.05) is 14.1 Å². The molecule has 0 aliphatic rings. The average Bonchev–Trinajstić information content (AvgIpc) is 2.94. The van der Waals surface area contributed by atoms with E-state index in [4.69, 9.17) is 0 Å². The van der Waals surface area contributed by atoms with Gasteiger partial charge in [-0.05, 0) is 29.8 Å². The van der Waals surface area contributed by atoms with Gasteiger partial charge in [-0.1, -0.05) is 30.3 Å². The molecule has 0 bridgehead atoms. The summed E-state index contributed by atoms with van der Waals surface area (Å²) in [7, 11) is -0.519. The number of fused-ring (bicyclic) bond motifs is 1. The van der Waals surface area contributed by atoms with Gasteiger partial charge >= 0.3 is 5.97 Å². The Morgan fingerprint density at radius 1 is 1.08 bits per heavy atom. The minimum absolute atomic E-state index is 0.200. The SMILES string of the molecule is CN(C)S(=O)(=O)c1ccc(Cn2c(C(=O)O)cc3ccccc32)cc1. The lowest BCUT2D eigenvalue weighted by Gasteiger charge is -2.12. The highest BCUT2D eigenvalue weighted by Gasteiger charge is 2.18. The van der Waals surface area contributed by atoms with Crippen LogP contribution in [-0.2, 0) is 16.6 Å². The molecular formula is C18H18N2O4S. The second-order valence-electron chi connectivity index (χ2n) is 5.91. The van der Waals surface area contributed by atoms with Crippen LogP contribution in [0, 0.1) is 0 Å². The van der Waals surface area contributed by atoms with Crippen LogP contribution in [-0.4, -0.2) is 42.5 Å². The third kappa shape index (κ3) is 3.16. The molecule has 1 N–H and O–H groups in total. The molecule has 0 aliphatic heterocycles. The van der Waals surface area contributed by atoms with Gasteiger partial charge in [-0.2, -0.15) is 0 Å². The van der Waals surface area contributed by atoms with E-state index in [9.17, 15) is 18.3 Å². The summed E-state index contributed by atoms with van der Waals surface area (Å²) in [6, 6.07) is 15.6. The molecule has 2 aromatic carbocycles. The van der Waals surface area contributed by atoms with E-state index >= 15 is 0 Å². The molecule has 0 saturated carbocycles. The highest BCUT2D eigenvalue weighted by Crippen LogP contribution is 2.22. The minimum Gasteiger partial charge on any atom is -0.477 e. The van der Waals surface area contributed by atoms with Gasteiger partial charge in [0.2, 0.25) is 10.0 Å². The smallest absolute Gasteiger partial charge is 0.352 e. The molecule has 1 heterocycles. The van der Waals surface area contributed by atoms with E-state index in [0.29, 0.717) is 6.54 Å². The van der Waals surface area contributed by atoms with Crippen molar-refractivity contribution in [3.05, 3.63) is 65.9 Å². The minimum atomic E-state index is -3.48. The molecule has 130 valence electrons. The number of benzene rings is 2. The third-order valence-corrected chi connectivity index (χ3v) is 5.90. The average molecular weight is 358 g/mol. The maximum absolute atomic E-state index is 12.1. The maximum atomic E-state index is 12.1. The topological polar surface area (TPSA) is 79.6 Å². The highest BCUT2D eigenvalue weighted by molar-refractivity contribution is 7.89. The van der Waals surface area contributed by atoms with Crippen LogP contribution in [0.1, 0.15) is 16.1 Å². The first-order valence-electron chi connectivity index (χ1n) is 7.64. The number of hydrogen-bond donors (Lipinski definition) is 1. The van der Waals surface area contributed by atoms with Crippen molar-refractivity contribution in [2.24, 2.45) is 0 Å². The first kappa shape index (κ1) is 17.2. The Kier molecular flexibility index (Phi) is 4.36. The van der Waals surface area contributed by atoms with Crippen LogP contribution in [0.2, 0.25) is 0 Å². The van der Waals surface area contributed by atoms with E-state index in [-0.39, 0.29) is 10.6 Å². The predicted molar refractivity (Wildman–Crippen MR) is 95.3 cm³/mol. The van der Waals surface area contributed by atoms with E-state index in [1.165, 1.54) is 26.2 Å². The van der Waals surface area contributed by atoms with E-state index < -0.39 is 16.0 Å². The number of rotatable bonds is 5. The Labute approximate surface area is 146 Å². The Bertz CT molecular complexity index is 1030. The van der Waals surface area contributed by atoms with E-state index in [0.717, 1.165) is 20.8 Å². The Hall–Kier alpha value is -2.64. The van der Waals surface area contributed by atoms with Gasteiger partial charge in [-0.15, -0.1) is 0 Å². The first-order chi connectivity index (χ1) is 11.8. The molecule has 3 rings (SSSR count). The van der Waals surface area contributed by atoms with Gasteiger partial charge in [-0.25, -0.2) is 17.5 Å². The second-order valence-corrected chi connectivity index (χ2v) is 8.06. The van der Waals surface area contributed by atoms with Crippen molar-refractivity contribution in [3.63, 3.8) is 0 Å². The zero-order valence-corrected chi connectivity index (χ0v) is 14.7. The Balaban J connectivity index is 2.00. The van der Waals surface area contributed by atoms with Crippen LogP contribution < -0.4 is 0 Å². The standard InChI is InChI=1S/C18H18N2O4S/c1-19(2)25(23,24)15-9-7-13(8-10-15)12-20-16-6-4-3-5-14(16)11-17(20)18(21)22/h3-11H,12H2,1-2H3,(H,21,22). The molecule has 0 spiro atoms. The van der Waals surface area contributed by atoms with Gasteiger partial charge in [0.1, 0.15) is 5.69 Å². The monoisotopic (exact) mass is 358 g/mol. The quantitative estimate of drug-likeness (QED) is 0.760. The Morgan fingerprint density at radius 3 is 2.32 bits per heavy atom. The summed E-state index contributed by atoms with van der Waals surface area (Å²) in [4.78, 5) is 11.7. The molecule has 0 radical (unpaired) electrons. The van der Waals surface area contributed by atoms with Crippen LogP contribution in [0.5, 0.6) is 0 Å². The molecule has 0 unspecified atom stereocenters. The summed E-state index contributed by atoms with van der Waals surface area (Å²) in [5, 5.41) is 10.3. The number of sulfonamides is 1. The molecule has 0 saturated heterocycles. The molecule has 0 fully saturated rings. The number of aromatic carboxylic acids is 1. The maximum Gasteiger partial charge on any atom is 0.352 e. The summed E-state index contributed by atoms with van der Waals surface area (Å²) in [5.41, 5.74) is 1.85. The van der Waals surface area contributed by atoms with E-state index in [1.54, 1.807) is 22.8 Å².